The van der Waals surface area contributed by atoms with Crippen LogP contribution in [0.25, 0.3) is 11.0 Å². The fourth-order valence-electron chi connectivity index (χ4n) is 2.53. The van der Waals surface area contributed by atoms with Crippen molar-refractivity contribution >= 4 is 32.9 Å². The van der Waals surface area contributed by atoms with Gasteiger partial charge in [0.15, 0.2) is 0 Å². The van der Waals surface area contributed by atoms with E-state index in [2.05, 4.69) is 31.2 Å². The topological polar surface area (TPSA) is 57.8 Å². The van der Waals surface area contributed by atoms with Gasteiger partial charge in [0, 0.05) is 17.3 Å². The third-order valence-electron chi connectivity index (χ3n) is 3.75. The summed E-state index contributed by atoms with van der Waals surface area (Å²) in [7, 11) is 0. The number of aromatic amines is 1. The Hall–Kier alpha value is -2.14. The maximum absolute atomic E-state index is 12.1. The van der Waals surface area contributed by atoms with E-state index in [1.165, 1.54) is 0 Å². The summed E-state index contributed by atoms with van der Waals surface area (Å²) in [6.45, 7) is 1.99. The molecule has 2 N–H and O–H groups in total. The van der Waals surface area contributed by atoms with Gasteiger partial charge >= 0.3 is 0 Å². The number of benzene rings is 2. The number of aryl methyl sites for hydroxylation is 1. The van der Waals surface area contributed by atoms with E-state index >= 15 is 0 Å². The van der Waals surface area contributed by atoms with Gasteiger partial charge in [0.05, 0.1) is 17.1 Å². The van der Waals surface area contributed by atoms with Crippen LogP contribution in [0.4, 0.5) is 0 Å². The van der Waals surface area contributed by atoms with Crippen LogP contribution in [0.2, 0.25) is 0 Å². The molecule has 1 amide bonds. The Morgan fingerprint density at radius 3 is 2.87 bits per heavy atom. The summed E-state index contributed by atoms with van der Waals surface area (Å²) in [5.41, 5.74) is 3.02. The van der Waals surface area contributed by atoms with Crippen LogP contribution < -0.4 is 5.32 Å². The minimum Gasteiger partial charge on any atom is -0.350 e. The molecule has 4 nitrogen and oxygen atoms in total. The summed E-state index contributed by atoms with van der Waals surface area (Å²) in [5.74, 6) is 0.870. The Kier molecular flexibility index (Phi) is 4.76. The lowest BCUT2D eigenvalue weighted by Gasteiger charge is -2.14. The number of para-hydroxylation sites is 2. The number of rotatable bonds is 5. The molecule has 0 spiro atoms. The highest BCUT2D eigenvalue weighted by molar-refractivity contribution is 9.10. The van der Waals surface area contributed by atoms with Crippen molar-refractivity contribution in [3.8, 4) is 0 Å². The van der Waals surface area contributed by atoms with E-state index in [1.54, 1.807) is 0 Å². The molecule has 1 heterocycles. The molecule has 5 heteroatoms. The molecule has 23 heavy (non-hydrogen) atoms. The van der Waals surface area contributed by atoms with Crippen LogP contribution in [0, 0.1) is 0 Å². The molecular formula is C18H18BrN3O. The standard InChI is InChI=1S/C18H18BrN3O/c1-12(13-5-4-6-14(19)11-13)20-18(23)10-9-17-21-15-7-2-3-8-16(15)22-17/h2-8,11-12H,9-10H2,1H3,(H,20,23)(H,21,22). The van der Waals surface area contributed by atoms with Crippen molar-refractivity contribution in [1.29, 1.82) is 0 Å². The maximum atomic E-state index is 12.1. The van der Waals surface area contributed by atoms with E-state index in [-0.39, 0.29) is 11.9 Å². The van der Waals surface area contributed by atoms with Crippen molar-refractivity contribution in [1.82, 2.24) is 15.3 Å². The maximum Gasteiger partial charge on any atom is 0.220 e. The summed E-state index contributed by atoms with van der Waals surface area (Å²) >= 11 is 3.45. The van der Waals surface area contributed by atoms with Gasteiger partial charge in [0.2, 0.25) is 5.91 Å². The fourth-order valence-corrected chi connectivity index (χ4v) is 2.95. The number of H-pyrrole nitrogens is 1. The zero-order valence-electron chi connectivity index (χ0n) is 12.8. The lowest BCUT2D eigenvalue weighted by Crippen LogP contribution is -2.26. The monoisotopic (exact) mass is 371 g/mol. The molecule has 0 aliphatic rings. The highest BCUT2D eigenvalue weighted by Crippen LogP contribution is 2.18. The molecule has 3 aromatic rings. The van der Waals surface area contributed by atoms with Gasteiger partial charge in [-0.15, -0.1) is 0 Å². The van der Waals surface area contributed by atoms with Crippen molar-refractivity contribution in [3.05, 3.63) is 64.4 Å². The first-order valence-electron chi connectivity index (χ1n) is 7.60. The van der Waals surface area contributed by atoms with Crippen molar-refractivity contribution in [2.75, 3.05) is 0 Å². The Balaban J connectivity index is 1.57. The molecule has 0 radical (unpaired) electrons. The third kappa shape index (κ3) is 3.99. The van der Waals surface area contributed by atoms with Crippen molar-refractivity contribution in [2.45, 2.75) is 25.8 Å². The zero-order chi connectivity index (χ0) is 16.2. The number of halogens is 1. The number of imidazole rings is 1. The number of fused-ring (bicyclic) bond motifs is 1. The van der Waals surface area contributed by atoms with Gasteiger partial charge in [-0.2, -0.15) is 0 Å². The third-order valence-corrected chi connectivity index (χ3v) is 4.25. The summed E-state index contributed by atoms with van der Waals surface area (Å²) in [4.78, 5) is 19.9. The second-order valence-electron chi connectivity index (χ2n) is 5.54. The number of nitrogens with zero attached hydrogens (tertiary/aromatic N) is 1. The molecule has 1 aromatic heterocycles. The first kappa shape index (κ1) is 15.7. The van der Waals surface area contributed by atoms with E-state index in [1.807, 2.05) is 55.5 Å². The normalized spacial score (nSPS) is 12.3. The molecule has 3 rings (SSSR count). The molecule has 1 atom stereocenters. The molecular weight excluding hydrogens is 354 g/mol. The number of hydrogen-bond acceptors (Lipinski definition) is 2. The summed E-state index contributed by atoms with van der Waals surface area (Å²) in [5, 5.41) is 3.03. The molecule has 0 aliphatic heterocycles. The number of carbonyl (C=O) groups excluding carboxylic acids is 1. The Morgan fingerprint density at radius 2 is 2.09 bits per heavy atom. The van der Waals surface area contributed by atoms with Crippen molar-refractivity contribution < 1.29 is 4.79 Å². The second kappa shape index (κ2) is 6.96. The highest BCUT2D eigenvalue weighted by Gasteiger charge is 2.11. The van der Waals surface area contributed by atoms with Crippen LogP contribution in [0.3, 0.4) is 0 Å². The molecule has 0 fully saturated rings. The number of amides is 1. The number of hydrogen-bond donors (Lipinski definition) is 2. The molecule has 0 bridgehead atoms. The Morgan fingerprint density at radius 1 is 1.26 bits per heavy atom. The number of carbonyl (C=O) groups is 1. The molecule has 118 valence electrons. The van der Waals surface area contributed by atoms with Crippen LogP contribution in [-0.2, 0) is 11.2 Å². The molecule has 2 aromatic carbocycles. The Labute approximate surface area is 143 Å². The zero-order valence-corrected chi connectivity index (χ0v) is 14.4. The average Bonchev–Trinajstić information content (AvgIpc) is 2.96. The molecule has 0 saturated carbocycles. The van der Waals surface area contributed by atoms with E-state index in [0.29, 0.717) is 12.8 Å². The van der Waals surface area contributed by atoms with E-state index in [4.69, 9.17) is 0 Å². The largest absolute Gasteiger partial charge is 0.350 e. The summed E-state index contributed by atoms with van der Waals surface area (Å²) in [6, 6.07) is 15.8. The summed E-state index contributed by atoms with van der Waals surface area (Å²) < 4.78 is 1.01. The van der Waals surface area contributed by atoms with E-state index < -0.39 is 0 Å². The van der Waals surface area contributed by atoms with Crippen molar-refractivity contribution in [3.63, 3.8) is 0 Å². The van der Waals surface area contributed by atoms with Gasteiger partial charge < -0.3 is 10.3 Å². The minimum absolute atomic E-state index is 0.0179. The van der Waals surface area contributed by atoms with Gasteiger partial charge in [-0.1, -0.05) is 40.2 Å². The highest BCUT2D eigenvalue weighted by atomic mass is 79.9. The SMILES string of the molecule is CC(NC(=O)CCc1nc2ccccc2[nH]1)c1cccc(Br)c1. The van der Waals surface area contributed by atoms with Crippen molar-refractivity contribution in [2.24, 2.45) is 0 Å². The van der Waals surface area contributed by atoms with Gasteiger partial charge in [-0.05, 0) is 36.8 Å². The van der Waals surface area contributed by atoms with Gasteiger partial charge in [0.25, 0.3) is 0 Å². The Bertz CT molecular complexity index is 795. The van der Waals surface area contributed by atoms with E-state index in [0.717, 1.165) is 26.9 Å². The lowest BCUT2D eigenvalue weighted by atomic mass is 10.1. The number of aromatic nitrogens is 2. The van der Waals surface area contributed by atoms with Crippen LogP contribution in [-0.4, -0.2) is 15.9 Å². The molecule has 1 unspecified atom stereocenters. The first-order chi connectivity index (χ1) is 11.1. The number of nitrogens with one attached hydrogen (secondary N) is 2. The van der Waals surface area contributed by atoms with Gasteiger partial charge in [0.1, 0.15) is 5.82 Å². The van der Waals surface area contributed by atoms with Crippen LogP contribution in [0.5, 0.6) is 0 Å². The summed E-state index contributed by atoms with van der Waals surface area (Å²) in [6.07, 6.45) is 1.02. The fraction of sp³-hybridized carbons (Fsp3) is 0.222. The second-order valence-corrected chi connectivity index (χ2v) is 6.46. The van der Waals surface area contributed by atoms with Crippen LogP contribution in [0.15, 0.2) is 53.0 Å². The van der Waals surface area contributed by atoms with Crippen LogP contribution in [0.1, 0.15) is 30.8 Å². The van der Waals surface area contributed by atoms with Gasteiger partial charge in [-0.25, -0.2) is 4.98 Å². The minimum atomic E-state index is -0.0179. The molecule has 0 aliphatic carbocycles. The predicted molar refractivity (Wildman–Crippen MR) is 95.1 cm³/mol. The van der Waals surface area contributed by atoms with Gasteiger partial charge in [-0.3, -0.25) is 4.79 Å². The smallest absolute Gasteiger partial charge is 0.220 e. The van der Waals surface area contributed by atoms with E-state index in [9.17, 15) is 4.79 Å². The average molecular weight is 372 g/mol. The quantitative estimate of drug-likeness (QED) is 0.707. The predicted octanol–water partition coefficient (Wildman–Crippen LogP) is 4.14. The lowest BCUT2D eigenvalue weighted by molar-refractivity contribution is -0.121. The first-order valence-corrected chi connectivity index (χ1v) is 8.39. The van der Waals surface area contributed by atoms with Crippen LogP contribution >= 0.6 is 15.9 Å². The molecule has 0 saturated heterocycles.